The summed E-state index contributed by atoms with van der Waals surface area (Å²) >= 11 is 3.42. The molecule has 0 aliphatic carbocycles. The first-order valence-electron chi connectivity index (χ1n) is 4.57. The fraction of sp³-hybridized carbons (Fsp3) is 0.273. The van der Waals surface area contributed by atoms with Crippen LogP contribution in [0.25, 0.3) is 11.0 Å². The number of rotatable bonds is 2. The minimum absolute atomic E-state index is 0.251. The van der Waals surface area contributed by atoms with Crippen LogP contribution in [0, 0.1) is 0 Å². The number of halogens is 1. The van der Waals surface area contributed by atoms with Crippen molar-refractivity contribution in [2.24, 2.45) is 0 Å². The van der Waals surface area contributed by atoms with E-state index in [1.165, 1.54) is 0 Å². The molecule has 0 saturated carbocycles. The van der Waals surface area contributed by atoms with E-state index in [1.807, 2.05) is 19.2 Å². The van der Waals surface area contributed by atoms with Crippen molar-refractivity contribution in [1.29, 1.82) is 0 Å². The van der Waals surface area contributed by atoms with Gasteiger partial charge in [-0.15, -0.1) is 0 Å². The van der Waals surface area contributed by atoms with Crippen LogP contribution in [0.15, 0.2) is 33.2 Å². The van der Waals surface area contributed by atoms with Gasteiger partial charge in [-0.05, 0) is 38.2 Å². The predicted octanol–water partition coefficient (Wildman–Crippen LogP) is 3.48. The van der Waals surface area contributed by atoms with Gasteiger partial charge in [0.2, 0.25) is 0 Å². The second-order valence-corrected chi connectivity index (χ2v) is 4.26. The second kappa shape index (κ2) is 3.75. The fourth-order valence-electron chi connectivity index (χ4n) is 1.38. The van der Waals surface area contributed by atoms with Crippen LogP contribution in [0.2, 0.25) is 0 Å². The lowest BCUT2D eigenvalue weighted by Crippen LogP contribution is -2.10. The molecule has 2 nitrogen and oxygen atoms in total. The maximum Gasteiger partial charge on any atom is 0.135 e. The first kappa shape index (κ1) is 9.74. The first-order chi connectivity index (χ1) is 6.70. The Hall–Kier alpha value is -0.800. The molecular weight excluding hydrogens is 242 g/mol. The zero-order chi connectivity index (χ0) is 10.1. The van der Waals surface area contributed by atoms with Gasteiger partial charge in [0.15, 0.2) is 0 Å². The summed E-state index contributed by atoms with van der Waals surface area (Å²) in [7, 11) is 1.92. The highest BCUT2D eigenvalue weighted by Gasteiger charge is 2.09. The van der Waals surface area contributed by atoms with Gasteiger partial charge in [-0.25, -0.2) is 0 Å². The molecular formula is C11H12BrNO. The summed E-state index contributed by atoms with van der Waals surface area (Å²) in [6, 6.07) is 8.38. The van der Waals surface area contributed by atoms with Crippen molar-refractivity contribution in [3.63, 3.8) is 0 Å². The van der Waals surface area contributed by atoms with E-state index >= 15 is 0 Å². The summed E-state index contributed by atoms with van der Waals surface area (Å²) in [5.74, 6) is 0.973. The highest BCUT2D eigenvalue weighted by molar-refractivity contribution is 9.10. The third-order valence-electron chi connectivity index (χ3n) is 2.36. The van der Waals surface area contributed by atoms with Crippen molar-refractivity contribution in [3.05, 3.63) is 34.5 Å². The van der Waals surface area contributed by atoms with Gasteiger partial charge in [0.05, 0.1) is 6.04 Å². The van der Waals surface area contributed by atoms with Crippen LogP contribution in [-0.2, 0) is 0 Å². The number of fused-ring (bicyclic) bond motifs is 1. The van der Waals surface area contributed by atoms with E-state index in [2.05, 4.69) is 40.3 Å². The van der Waals surface area contributed by atoms with Gasteiger partial charge in [-0.3, -0.25) is 0 Å². The van der Waals surface area contributed by atoms with Crippen molar-refractivity contribution in [1.82, 2.24) is 5.32 Å². The predicted molar refractivity (Wildman–Crippen MR) is 61.4 cm³/mol. The Balaban J connectivity index is 2.51. The van der Waals surface area contributed by atoms with Crippen molar-refractivity contribution < 1.29 is 4.42 Å². The van der Waals surface area contributed by atoms with Crippen molar-refractivity contribution >= 4 is 26.9 Å². The number of hydrogen-bond acceptors (Lipinski definition) is 2. The Kier molecular flexibility index (Phi) is 2.61. The van der Waals surface area contributed by atoms with Crippen LogP contribution in [0.5, 0.6) is 0 Å². The third kappa shape index (κ3) is 1.70. The molecule has 1 heterocycles. The number of nitrogens with one attached hydrogen (secondary N) is 1. The SMILES string of the molecule is CNC(C)c1cc2ccc(Br)cc2o1. The minimum atomic E-state index is 0.251. The topological polar surface area (TPSA) is 25.2 Å². The van der Waals surface area contributed by atoms with E-state index in [0.29, 0.717) is 0 Å². The summed E-state index contributed by atoms with van der Waals surface area (Å²) in [6.45, 7) is 2.08. The Morgan fingerprint density at radius 1 is 1.36 bits per heavy atom. The lowest BCUT2D eigenvalue weighted by molar-refractivity contribution is 0.475. The minimum Gasteiger partial charge on any atom is -0.459 e. The standard InChI is InChI=1S/C11H12BrNO/c1-7(13-2)10-5-8-3-4-9(12)6-11(8)14-10/h3-7,13H,1-2H3. The Labute approximate surface area is 91.4 Å². The first-order valence-corrected chi connectivity index (χ1v) is 5.36. The molecule has 1 unspecified atom stereocenters. The van der Waals surface area contributed by atoms with E-state index in [0.717, 1.165) is 21.2 Å². The maximum absolute atomic E-state index is 5.71. The third-order valence-corrected chi connectivity index (χ3v) is 2.85. The molecule has 2 aromatic rings. The summed E-state index contributed by atoms with van der Waals surface area (Å²) in [5.41, 5.74) is 0.927. The van der Waals surface area contributed by atoms with E-state index in [9.17, 15) is 0 Å². The zero-order valence-corrected chi connectivity index (χ0v) is 9.76. The molecule has 0 fully saturated rings. The van der Waals surface area contributed by atoms with Gasteiger partial charge in [0.25, 0.3) is 0 Å². The fourth-order valence-corrected chi connectivity index (χ4v) is 1.72. The molecule has 0 bridgehead atoms. The summed E-state index contributed by atoms with van der Waals surface area (Å²) < 4.78 is 6.75. The van der Waals surface area contributed by atoms with Gasteiger partial charge in [0, 0.05) is 9.86 Å². The molecule has 1 aromatic heterocycles. The molecule has 3 heteroatoms. The van der Waals surface area contributed by atoms with Crippen LogP contribution in [-0.4, -0.2) is 7.05 Å². The van der Waals surface area contributed by atoms with Gasteiger partial charge < -0.3 is 9.73 Å². The average molecular weight is 254 g/mol. The van der Waals surface area contributed by atoms with Crippen LogP contribution >= 0.6 is 15.9 Å². The quantitative estimate of drug-likeness (QED) is 0.887. The Bertz CT molecular complexity index is 449. The molecule has 0 aliphatic heterocycles. The van der Waals surface area contributed by atoms with Crippen LogP contribution in [0.4, 0.5) is 0 Å². The highest BCUT2D eigenvalue weighted by atomic mass is 79.9. The van der Waals surface area contributed by atoms with Gasteiger partial charge >= 0.3 is 0 Å². The molecule has 0 spiro atoms. The van der Waals surface area contributed by atoms with E-state index in [4.69, 9.17) is 4.42 Å². The Morgan fingerprint density at radius 3 is 2.86 bits per heavy atom. The van der Waals surface area contributed by atoms with Crippen LogP contribution in [0.1, 0.15) is 18.7 Å². The van der Waals surface area contributed by atoms with E-state index < -0.39 is 0 Å². The number of benzene rings is 1. The van der Waals surface area contributed by atoms with Gasteiger partial charge in [0.1, 0.15) is 11.3 Å². The summed E-state index contributed by atoms with van der Waals surface area (Å²) in [5, 5.41) is 4.30. The largest absolute Gasteiger partial charge is 0.459 e. The molecule has 1 N–H and O–H groups in total. The normalized spacial score (nSPS) is 13.4. The number of furan rings is 1. The molecule has 1 atom stereocenters. The van der Waals surface area contributed by atoms with E-state index in [1.54, 1.807) is 0 Å². The van der Waals surface area contributed by atoms with Crippen LogP contribution in [0.3, 0.4) is 0 Å². The zero-order valence-electron chi connectivity index (χ0n) is 8.17. The lowest BCUT2D eigenvalue weighted by Gasteiger charge is -2.04. The average Bonchev–Trinajstić information content (AvgIpc) is 2.59. The monoisotopic (exact) mass is 253 g/mol. The summed E-state index contributed by atoms with van der Waals surface area (Å²) in [6.07, 6.45) is 0. The van der Waals surface area contributed by atoms with Crippen LogP contribution < -0.4 is 5.32 Å². The molecule has 74 valence electrons. The van der Waals surface area contributed by atoms with Crippen molar-refractivity contribution in [2.75, 3.05) is 7.05 Å². The van der Waals surface area contributed by atoms with E-state index in [-0.39, 0.29) is 6.04 Å². The van der Waals surface area contributed by atoms with Crippen molar-refractivity contribution in [3.8, 4) is 0 Å². The molecule has 0 aliphatic rings. The van der Waals surface area contributed by atoms with Gasteiger partial charge in [-0.2, -0.15) is 0 Å². The molecule has 0 radical (unpaired) electrons. The molecule has 2 rings (SSSR count). The molecule has 0 amide bonds. The number of hydrogen-bond donors (Lipinski definition) is 1. The second-order valence-electron chi connectivity index (χ2n) is 3.34. The van der Waals surface area contributed by atoms with Gasteiger partial charge in [-0.1, -0.05) is 15.9 Å². The smallest absolute Gasteiger partial charge is 0.135 e. The maximum atomic E-state index is 5.71. The molecule has 1 aromatic carbocycles. The molecule has 0 saturated heterocycles. The highest BCUT2D eigenvalue weighted by Crippen LogP contribution is 2.26. The molecule has 14 heavy (non-hydrogen) atoms. The Morgan fingerprint density at radius 2 is 2.14 bits per heavy atom. The lowest BCUT2D eigenvalue weighted by atomic mass is 10.2. The van der Waals surface area contributed by atoms with Crippen molar-refractivity contribution in [2.45, 2.75) is 13.0 Å². The summed E-state index contributed by atoms with van der Waals surface area (Å²) in [4.78, 5) is 0.